The van der Waals surface area contributed by atoms with Gasteiger partial charge in [0, 0.05) is 11.8 Å². The zero-order valence-corrected chi connectivity index (χ0v) is 5.86. The number of phenols is 1. The second-order valence-corrected chi connectivity index (χ2v) is 2.17. The summed E-state index contributed by atoms with van der Waals surface area (Å²) in [5, 5.41) is 25.0. The molecule has 0 bridgehead atoms. The number of rotatable bonds is 2. The fourth-order valence-corrected chi connectivity index (χ4v) is 0.827. The number of aliphatic hydroxyl groups is 1. The zero-order valence-electron chi connectivity index (χ0n) is 5.86. The summed E-state index contributed by atoms with van der Waals surface area (Å²) in [5.41, 5.74) is 0.363. The van der Waals surface area contributed by atoms with Crippen LogP contribution in [0.5, 0.6) is 5.75 Å². The highest BCUT2D eigenvalue weighted by atomic mass is 16.3. The van der Waals surface area contributed by atoms with Gasteiger partial charge < -0.3 is 15.6 Å². The first-order chi connectivity index (χ1) is 5.25. The molecule has 1 unspecified atom stereocenters. The number of aliphatic hydroxyl groups excluding tert-OH is 1. The minimum absolute atomic E-state index is 0.0171. The average Bonchev–Trinajstić information content (AvgIpc) is 2.04. The van der Waals surface area contributed by atoms with Gasteiger partial charge in [0.2, 0.25) is 0 Å². The van der Waals surface area contributed by atoms with Gasteiger partial charge in [-0.05, 0) is 6.07 Å². The van der Waals surface area contributed by atoms with Crippen molar-refractivity contribution in [3.63, 3.8) is 0 Å². The lowest BCUT2D eigenvalue weighted by Gasteiger charge is -2.05. The molecule has 0 amide bonds. The molecule has 0 spiro atoms. The molecule has 0 aliphatic rings. The van der Waals surface area contributed by atoms with Crippen LogP contribution in [0.3, 0.4) is 0 Å². The van der Waals surface area contributed by atoms with E-state index < -0.39 is 6.10 Å². The molecule has 3 N–H and O–H groups in total. The van der Waals surface area contributed by atoms with E-state index >= 15 is 0 Å². The van der Waals surface area contributed by atoms with Crippen molar-refractivity contribution in [2.75, 3.05) is 0 Å². The molecule has 0 saturated carbocycles. The summed E-state index contributed by atoms with van der Waals surface area (Å²) in [6.07, 6.45) is -0.133. The van der Waals surface area contributed by atoms with Gasteiger partial charge in [0.15, 0.2) is 0 Å². The fourth-order valence-electron chi connectivity index (χ4n) is 0.827. The van der Waals surface area contributed by atoms with Gasteiger partial charge >= 0.3 is 0 Å². The molecule has 0 aliphatic carbocycles. The Balaban J connectivity index is 3.02. The molecule has 0 radical (unpaired) electrons. The van der Waals surface area contributed by atoms with Crippen LogP contribution in [-0.4, -0.2) is 16.4 Å². The Labute approximate surface area is 64.4 Å². The second kappa shape index (κ2) is 3.16. The molecule has 58 valence electrons. The molecule has 3 nitrogen and oxygen atoms in total. The maximum atomic E-state index is 9.15. The van der Waals surface area contributed by atoms with Crippen molar-refractivity contribution in [1.82, 2.24) is 0 Å². The van der Waals surface area contributed by atoms with Crippen molar-refractivity contribution in [2.24, 2.45) is 0 Å². The van der Waals surface area contributed by atoms with Crippen LogP contribution in [-0.2, 0) is 0 Å². The zero-order chi connectivity index (χ0) is 8.27. The van der Waals surface area contributed by atoms with E-state index in [0.717, 1.165) is 6.21 Å². The minimum Gasteiger partial charge on any atom is -0.508 e. The molecule has 3 heteroatoms. The Bertz CT molecular complexity index is 260. The Hall–Kier alpha value is -1.35. The molecule has 1 aromatic carbocycles. The molecular weight excluding hydrogens is 142 g/mol. The molecule has 0 saturated heterocycles. The quantitative estimate of drug-likeness (QED) is 0.553. The predicted octanol–water partition coefficient (Wildman–Crippen LogP) is 1.08. The maximum absolute atomic E-state index is 9.15. The largest absolute Gasteiger partial charge is 0.508 e. The summed E-state index contributed by atoms with van der Waals surface area (Å²) < 4.78 is 0. The first kappa shape index (κ1) is 7.75. The second-order valence-electron chi connectivity index (χ2n) is 2.17. The lowest BCUT2D eigenvalue weighted by Crippen LogP contribution is -1.97. The van der Waals surface area contributed by atoms with Crippen molar-refractivity contribution < 1.29 is 10.2 Å². The lowest BCUT2D eigenvalue weighted by molar-refractivity contribution is 0.246. The molecule has 0 aliphatic heterocycles. The van der Waals surface area contributed by atoms with Gasteiger partial charge in [-0.15, -0.1) is 0 Å². The predicted molar refractivity (Wildman–Crippen MR) is 41.9 cm³/mol. The Morgan fingerprint density at radius 1 is 1.36 bits per heavy atom. The first-order valence-electron chi connectivity index (χ1n) is 3.22. The van der Waals surface area contributed by atoms with E-state index in [-0.39, 0.29) is 5.75 Å². The van der Waals surface area contributed by atoms with E-state index in [0.29, 0.717) is 5.56 Å². The van der Waals surface area contributed by atoms with Crippen molar-refractivity contribution in [2.45, 2.75) is 6.10 Å². The summed E-state index contributed by atoms with van der Waals surface area (Å²) in [4.78, 5) is 0. The number of hydrogen-bond acceptors (Lipinski definition) is 3. The molecule has 0 aromatic heterocycles. The van der Waals surface area contributed by atoms with Gasteiger partial charge in [-0.2, -0.15) is 0 Å². The minimum atomic E-state index is -1.00. The van der Waals surface area contributed by atoms with Crippen molar-refractivity contribution in [3.8, 4) is 5.75 Å². The third kappa shape index (κ3) is 1.56. The molecule has 1 aromatic rings. The summed E-state index contributed by atoms with van der Waals surface area (Å²) >= 11 is 0. The Morgan fingerprint density at radius 2 is 2.00 bits per heavy atom. The fraction of sp³-hybridized carbons (Fsp3) is 0.125. The van der Waals surface area contributed by atoms with Crippen LogP contribution in [0.4, 0.5) is 0 Å². The van der Waals surface area contributed by atoms with E-state index in [9.17, 15) is 0 Å². The Kier molecular flexibility index (Phi) is 2.23. The Morgan fingerprint density at radius 3 is 2.55 bits per heavy atom. The maximum Gasteiger partial charge on any atom is 0.121 e. The van der Waals surface area contributed by atoms with Gasteiger partial charge in [0.05, 0.1) is 0 Å². The average molecular weight is 151 g/mol. The van der Waals surface area contributed by atoms with E-state index in [1.807, 2.05) is 0 Å². The number of phenolic OH excluding ortho intramolecular Hbond substituents is 1. The summed E-state index contributed by atoms with van der Waals surface area (Å²) in [5.74, 6) is 0.0171. The summed E-state index contributed by atoms with van der Waals surface area (Å²) in [7, 11) is 0. The highest BCUT2D eigenvalue weighted by Crippen LogP contribution is 2.21. The number of para-hydroxylation sites is 1. The van der Waals surface area contributed by atoms with Crippen LogP contribution in [0, 0.1) is 5.41 Å². The van der Waals surface area contributed by atoms with Gasteiger partial charge in [-0.1, -0.05) is 18.2 Å². The number of aromatic hydroxyl groups is 1. The van der Waals surface area contributed by atoms with Crippen LogP contribution in [0.1, 0.15) is 11.7 Å². The van der Waals surface area contributed by atoms with Gasteiger partial charge in [-0.25, -0.2) is 0 Å². The van der Waals surface area contributed by atoms with E-state index in [4.69, 9.17) is 15.6 Å². The molecule has 1 atom stereocenters. The number of benzene rings is 1. The number of hydrogen-bond donors (Lipinski definition) is 3. The van der Waals surface area contributed by atoms with Crippen molar-refractivity contribution in [3.05, 3.63) is 29.8 Å². The van der Waals surface area contributed by atoms with Gasteiger partial charge in [0.25, 0.3) is 0 Å². The standard InChI is InChI=1S/C8H9NO2/c9-5-8(11)6-3-1-2-4-7(6)10/h1-5,8-11H. The molecule has 0 fully saturated rings. The number of nitrogens with one attached hydrogen (secondary N) is 1. The topological polar surface area (TPSA) is 64.3 Å². The smallest absolute Gasteiger partial charge is 0.121 e. The monoisotopic (exact) mass is 151 g/mol. The summed E-state index contributed by atoms with van der Waals surface area (Å²) in [6.45, 7) is 0. The van der Waals surface area contributed by atoms with Crippen LogP contribution in [0.2, 0.25) is 0 Å². The normalized spacial score (nSPS) is 12.5. The van der Waals surface area contributed by atoms with Gasteiger partial charge in [-0.3, -0.25) is 0 Å². The molecule has 11 heavy (non-hydrogen) atoms. The first-order valence-corrected chi connectivity index (χ1v) is 3.22. The summed E-state index contributed by atoms with van der Waals surface area (Å²) in [6, 6.07) is 6.41. The van der Waals surface area contributed by atoms with Crippen LogP contribution >= 0.6 is 0 Å². The van der Waals surface area contributed by atoms with Crippen molar-refractivity contribution >= 4 is 6.21 Å². The molecule has 1 rings (SSSR count). The molecular formula is C8H9NO2. The van der Waals surface area contributed by atoms with Crippen molar-refractivity contribution in [1.29, 1.82) is 5.41 Å². The van der Waals surface area contributed by atoms with Gasteiger partial charge in [0.1, 0.15) is 11.9 Å². The SMILES string of the molecule is N=CC(O)c1ccccc1O. The van der Waals surface area contributed by atoms with Crippen LogP contribution < -0.4 is 0 Å². The van der Waals surface area contributed by atoms with E-state index in [1.165, 1.54) is 6.07 Å². The molecule has 0 heterocycles. The third-order valence-electron chi connectivity index (χ3n) is 1.41. The van der Waals surface area contributed by atoms with Crippen LogP contribution in [0.15, 0.2) is 24.3 Å². The van der Waals surface area contributed by atoms with E-state index in [1.54, 1.807) is 18.2 Å². The third-order valence-corrected chi connectivity index (χ3v) is 1.41. The highest BCUT2D eigenvalue weighted by Gasteiger charge is 2.06. The van der Waals surface area contributed by atoms with Crippen LogP contribution in [0.25, 0.3) is 0 Å². The highest BCUT2D eigenvalue weighted by molar-refractivity contribution is 5.64. The lowest BCUT2D eigenvalue weighted by atomic mass is 10.1. The van der Waals surface area contributed by atoms with E-state index in [2.05, 4.69) is 0 Å².